The van der Waals surface area contributed by atoms with Gasteiger partial charge in [0.15, 0.2) is 5.82 Å². The van der Waals surface area contributed by atoms with Crippen LogP contribution in [0.2, 0.25) is 0 Å². The van der Waals surface area contributed by atoms with Crippen molar-refractivity contribution in [3.8, 4) is 0 Å². The lowest BCUT2D eigenvalue weighted by Crippen LogP contribution is -2.19. The predicted molar refractivity (Wildman–Crippen MR) is 55.4 cm³/mol. The predicted octanol–water partition coefficient (Wildman–Crippen LogP) is 0.560. The van der Waals surface area contributed by atoms with Crippen LogP contribution in [0.4, 0.5) is 5.82 Å². The van der Waals surface area contributed by atoms with Gasteiger partial charge in [0.2, 0.25) is 0 Å². The molecule has 1 atom stereocenters. The highest BCUT2D eigenvalue weighted by molar-refractivity contribution is 5.32. The molecular weight excluding hydrogens is 194 g/mol. The van der Waals surface area contributed by atoms with Crippen LogP contribution in [0.25, 0.3) is 0 Å². The number of aliphatic hydroxyl groups excluding tert-OH is 1. The van der Waals surface area contributed by atoms with Crippen LogP contribution in [-0.2, 0) is 11.3 Å². The summed E-state index contributed by atoms with van der Waals surface area (Å²) in [6.45, 7) is 1.50. The quantitative estimate of drug-likeness (QED) is 0.758. The molecule has 0 aliphatic carbocycles. The Labute approximate surface area is 88.5 Å². The van der Waals surface area contributed by atoms with E-state index in [2.05, 4.69) is 15.3 Å². The molecule has 0 spiro atoms. The molecule has 0 aromatic carbocycles. The number of rotatable bonds is 4. The average molecular weight is 209 g/mol. The normalized spacial score (nSPS) is 20.5. The molecule has 5 nitrogen and oxygen atoms in total. The maximum absolute atomic E-state index is 8.86. The summed E-state index contributed by atoms with van der Waals surface area (Å²) in [5.74, 6) is 1.18. The van der Waals surface area contributed by atoms with Gasteiger partial charge in [0.1, 0.15) is 12.4 Å². The summed E-state index contributed by atoms with van der Waals surface area (Å²) in [5.41, 5.74) is 0. The summed E-state index contributed by atoms with van der Waals surface area (Å²) in [5, 5.41) is 12.0. The summed E-state index contributed by atoms with van der Waals surface area (Å²) in [6.07, 6.45) is 4.16. The van der Waals surface area contributed by atoms with E-state index in [1.807, 2.05) is 0 Å². The first-order chi connectivity index (χ1) is 7.38. The van der Waals surface area contributed by atoms with Crippen LogP contribution in [0.5, 0.6) is 0 Å². The summed E-state index contributed by atoms with van der Waals surface area (Å²) in [4.78, 5) is 8.03. The Morgan fingerprint density at radius 2 is 2.53 bits per heavy atom. The fraction of sp³-hybridized carbons (Fsp3) is 0.600. The Morgan fingerprint density at radius 3 is 3.27 bits per heavy atom. The van der Waals surface area contributed by atoms with Crippen molar-refractivity contribution in [2.75, 3.05) is 18.5 Å². The lowest BCUT2D eigenvalue weighted by Gasteiger charge is -2.11. The zero-order valence-electron chi connectivity index (χ0n) is 8.52. The van der Waals surface area contributed by atoms with Crippen LogP contribution < -0.4 is 5.32 Å². The number of nitrogens with zero attached hydrogens (tertiary/aromatic N) is 2. The van der Waals surface area contributed by atoms with E-state index in [9.17, 15) is 0 Å². The van der Waals surface area contributed by atoms with Crippen molar-refractivity contribution in [1.82, 2.24) is 9.97 Å². The SMILES string of the molecule is OCc1nccc(NCC2CCCO2)n1. The molecule has 1 aromatic rings. The third-order valence-electron chi connectivity index (χ3n) is 2.38. The van der Waals surface area contributed by atoms with Crippen molar-refractivity contribution in [2.24, 2.45) is 0 Å². The van der Waals surface area contributed by atoms with Crippen molar-refractivity contribution in [2.45, 2.75) is 25.6 Å². The van der Waals surface area contributed by atoms with E-state index < -0.39 is 0 Å². The standard InChI is InChI=1S/C10H15N3O2/c14-7-10-11-4-3-9(13-10)12-6-8-2-1-5-15-8/h3-4,8,14H,1-2,5-7H2,(H,11,12,13). The average Bonchev–Trinajstić information content (AvgIpc) is 2.79. The number of ether oxygens (including phenoxy) is 1. The molecule has 1 fully saturated rings. The first-order valence-corrected chi connectivity index (χ1v) is 5.17. The highest BCUT2D eigenvalue weighted by Crippen LogP contribution is 2.12. The van der Waals surface area contributed by atoms with Crippen LogP contribution in [-0.4, -0.2) is 34.3 Å². The fourth-order valence-corrected chi connectivity index (χ4v) is 1.60. The molecular formula is C10H15N3O2. The van der Waals surface area contributed by atoms with E-state index in [4.69, 9.17) is 9.84 Å². The molecule has 0 amide bonds. The van der Waals surface area contributed by atoms with E-state index in [1.54, 1.807) is 12.3 Å². The Bertz CT molecular complexity index is 313. The topological polar surface area (TPSA) is 67.3 Å². The van der Waals surface area contributed by atoms with Crippen molar-refractivity contribution in [1.29, 1.82) is 0 Å². The van der Waals surface area contributed by atoms with E-state index >= 15 is 0 Å². The van der Waals surface area contributed by atoms with Gasteiger partial charge in [-0.2, -0.15) is 0 Å². The second-order valence-electron chi connectivity index (χ2n) is 3.53. The monoisotopic (exact) mass is 209 g/mol. The second-order valence-corrected chi connectivity index (χ2v) is 3.53. The Balaban J connectivity index is 1.86. The van der Waals surface area contributed by atoms with Crippen molar-refractivity contribution < 1.29 is 9.84 Å². The molecule has 2 heterocycles. The Hall–Kier alpha value is -1.20. The third kappa shape index (κ3) is 2.87. The van der Waals surface area contributed by atoms with Crippen LogP contribution in [0.15, 0.2) is 12.3 Å². The summed E-state index contributed by atoms with van der Waals surface area (Å²) in [7, 11) is 0. The van der Waals surface area contributed by atoms with Crippen molar-refractivity contribution in [3.63, 3.8) is 0 Å². The van der Waals surface area contributed by atoms with E-state index in [0.717, 1.165) is 31.8 Å². The smallest absolute Gasteiger partial charge is 0.156 e. The molecule has 82 valence electrons. The molecule has 1 aromatic heterocycles. The minimum atomic E-state index is -0.130. The van der Waals surface area contributed by atoms with Gasteiger partial charge in [0.25, 0.3) is 0 Å². The van der Waals surface area contributed by atoms with Gasteiger partial charge in [-0.25, -0.2) is 9.97 Å². The molecule has 0 radical (unpaired) electrons. The molecule has 0 saturated carbocycles. The minimum absolute atomic E-state index is 0.130. The summed E-state index contributed by atoms with van der Waals surface area (Å²) < 4.78 is 5.48. The number of hydrogen-bond acceptors (Lipinski definition) is 5. The van der Waals surface area contributed by atoms with Crippen LogP contribution in [0.3, 0.4) is 0 Å². The summed E-state index contributed by atoms with van der Waals surface area (Å²) >= 11 is 0. The minimum Gasteiger partial charge on any atom is -0.388 e. The zero-order chi connectivity index (χ0) is 10.5. The maximum atomic E-state index is 8.86. The third-order valence-corrected chi connectivity index (χ3v) is 2.38. The molecule has 1 saturated heterocycles. The lowest BCUT2D eigenvalue weighted by molar-refractivity contribution is 0.120. The molecule has 1 aliphatic rings. The van der Waals surface area contributed by atoms with Gasteiger partial charge in [0.05, 0.1) is 6.10 Å². The molecule has 0 bridgehead atoms. The van der Waals surface area contributed by atoms with Gasteiger partial charge in [-0.3, -0.25) is 0 Å². The zero-order valence-corrected chi connectivity index (χ0v) is 8.52. The van der Waals surface area contributed by atoms with Crippen molar-refractivity contribution in [3.05, 3.63) is 18.1 Å². The molecule has 1 aliphatic heterocycles. The maximum Gasteiger partial charge on any atom is 0.156 e. The van der Waals surface area contributed by atoms with E-state index in [1.165, 1.54) is 0 Å². The first kappa shape index (κ1) is 10.3. The highest BCUT2D eigenvalue weighted by Gasteiger charge is 2.14. The van der Waals surface area contributed by atoms with Crippen LogP contribution >= 0.6 is 0 Å². The van der Waals surface area contributed by atoms with Gasteiger partial charge in [0, 0.05) is 19.3 Å². The van der Waals surface area contributed by atoms with Gasteiger partial charge >= 0.3 is 0 Å². The number of aromatic nitrogens is 2. The fourth-order valence-electron chi connectivity index (χ4n) is 1.60. The van der Waals surface area contributed by atoms with Gasteiger partial charge in [-0.15, -0.1) is 0 Å². The second kappa shape index (κ2) is 5.04. The van der Waals surface area contributed by atoms with Gasteiger partial charge in [-0.1, -0.05) is 0 Å². The van der Waals surface area contributed by atoms with Gasteiger partial charge < -0.3 is 15.2 Å². The number of anilines is 1. The molecule has 5 heteroatoms. The molecule has 15 heavy (non-hydrogen) atoms. The van der Waals surface area contributed by atoms with Crippen LogP contribution in [0, 0.1) is 0 Å². The molecule has 2 rings (SSSR count). The lowest BCUT2D eigenvalue weighted by atomic mass is 10.2. The van der Waals surface area contributed by atoms with E-state index in [0.29, 0.717) is 5.82 Å². The number of hydrogen-bond donors (Lipinski definition) is 2. The van der Waals surface area contributed by atoms with Gasteiger partial charge in [-0.05, 0) is 18.9 Å². The molecule has 1 unspecified atom stereocenters. The first-order valence-electron chi connectivity index (χ1n) is 5.17. The molecule has 2 N–H and O–H groups in total. The van der Waals surface area contributed by atoms with Crippen LogP contribution in [0.1, 0.15) is 18.7 Å². The summed E-state index contributed by atoms with van der Waals surface area (Å²) in [6, 6.07) is 1.79. The number of nitrogens with one attached hydrogen (secondary N) is 1. The number of aliphatic hydroxyl groups is 1. The van der Waals surface area contributed by atoms with Crippen molar-refractivity contribution >= 4 is 5.82 Å². The Morgan fingerprint density at radius 1 is 1.60 bits per heavy atom. The van der Waals surface area contributed by atoms with E-state index in [-0.39, 0.29) is 12.7 Å². The highest BCUT2D eigenvalue weighted by atomic mass is 16.5. The largest absolute Gasteiger partial charge is 0.388 e. The Kier molecular flexibility index (Phi) is 3.47.